The Balaban J connectivity index is 1.67. The molecule has 28 heavy (non-hydrogen) atoms. The van der Waals surface area contributed by atoms with Gasteiger partial charge in [0, 0.05) is 5.56 Å². The molecule has 1 amide bonds. The van der Waals surface area contributed by atoms with E-state index < -0.39 is 5.91 Å². The number of carbonyl (C=O) groups is 1. The van der Waals surface area contributed by atoms with E-state index in [2.05, 4.69) is 42.7 Å². The molecule has 0 atom stereocenters. The molecule has 0 spiro atoms. The lowest BCUT2D eigenvalue weighted by Gasteiger charge is -2.09. The van der Waals surface area contributed by atoms with Gasteiger partial charge in [-0.05, 0) is 22.4 Å². The highest BCUT2D eigenvalue weighted by molar-refractivity contribution is 5.98. The van der Waals surface area contributed by atoms with Crippen LogP contribution in [0.25, 0.3) is 22.8 Å². The predicted octanol–water partition coefficient (Wildman–Crippen LogP) is 1.40. The molecule has 0 aliphatic carbocycles. The molecule has 3 heterocycles. The maximum absolute atomic E-state index is 12.7. The van der Waals surface area contributed by atoms with E-state index in [1.54, 1.807) is 24.3 Å². The number of hydrogen-bond donors (Lipinski definition) is 3. The third-order valence-corrected chi connectivity index (χ3v) is 3.77. The topological polar surface area (TPSA) is 150 Å². The summed E-state index contributed by atoms with van der Waals surface area (Å²) in [5.41, 5.74) is 12.4. The molecule has 0 bridgehead atoms. The minimum Gasteiger partial charge on any atom is -0.463 e. The minimum absolute atomic E-state index is 0.0124. The first-order chi connectivity index (χ1) is 13.6. The second kappa shape index (κ2) is 7.07. The van der Waals surface area contributed by atoms with Crippen LogP contribution in [0.15, 0.2) is 64.4 Å². The number of amides is 1. The quantitative estimate of drug-likeness (QED) is 0.423. The Hall–Kier alpha value is -4.41. The molecule has 0 unspecified atom stereocenters. The number of benzene rings is 1. The number of anilines is 1. The Bertz CT molecular complexity index is 1110. The van der Waals surface area contributed by atoms with Gasteiger partial charge in [-0.2, -0.15) is 4.68 Å². The summed E-state index contributed by atoms with van der Waals surface area (Å²) in [5, 5.41) is 15.2. The van der Waals surface area contributed by atoms with Gasteiger partial charge < -0.3 is 10.2 Å². The van der Waals surface area contributed by atoms with Crippen LogP contribution < -0.4 is 16.6 Å². The first kappa shape index (κ1) is 17.0. The van der Waals surface area contributed by atoms with E-state index in [0.29, 0.717) is 22.7 Å². The van der Waals surface area contributed by atoms with Gasteiger partial charge in [0.1, 0.15) is 5.69 Å². The maximum atomic E-state index is 12.7. The van der Waals surface area contributed by atoms with Crippen LogP contribution in [-0.4, -0.2) is 31.2 Å². The van der Waals surface area contributed by atoms with E-state index in [0.717, 1.165) is 0 Å². The van der Waals surface area contributed by atoms with Gasteiger partial charge in [0.15, 0.2) is 11.5 Å². The Morgan fingerprint density at radius 3 is 2.61 bits per heavy atom. The van der Waals surface area contributed by atoms with Gasteiger partial charge in [0.2, 0.25) is 11.6 Å². The van der Waals surface area contributed by atoms with Crippen molar-refractivity contribution in [2.45, 2.75) is 0 Å². The van der Waals surface area contributed by atoms with Crippen LogP contribution >= 0.6 is 0 Å². The van der Waals surface area contributed by atoms with Gasteiger partial charge in [-0.3, -0.25) is 15.6 Å². The summed E-state index contributed by atoms with van der Waals surface area (Å²) in [5.74, 6) is 0.0678. The van der Waals surface area contributed by atoms with Crippen molar-refractivity contribution in [2.24, 2.45) is 0 Å². The lowest BCUT2D eigenvalue weighted by atomic mass is 10.1. The Kier molecular flexibility index (Phi) is 4.30. The van der Waals surface area contributed by atoms with Gasteiger partial charge in [0.25, 0.3) is 5.91 Å². The highest BCUT2D eigenvalue weighted by atomic mass is 16.6. The van der Waals surface area contributed by atoms with E-state index in [9.17, 15) is 4.79 Å². The number of aromatic nitrogens is 5. The molecule has 140 valence electrons. The average Bonchev–Trinajstić information content (AvgIpc) is 3.46. The first-order valence-corrected chi connectivity index (χ1v) is 8.04. The molecule has 0 saturated heterocycles. The molecule has 0 radical (unpaired) electrons. The zero-order valence-corrected chi connectivity index (χ0v) is 14.4. The van der Waals surface area contributed by atoms with E-state index in [4.69, 9.17) is 10.2 Å². The number of furan rings is 1. The van der Waals surface area contributed by atoms with Crippen LogP contribution in [0.5, 0.6) is 0 Å². The predicted molar refractivity (Wildman–Crippen MR) is 97.4 cm³/mol. The number of hydrazine groups is 1. The average molecular weight is 378 g/mol. The van der Waals surface area contributed by atoms with E-state index >= 15 is 0 Å². The molecule has 11 nitrogen and oxygen atoms in total. The van der Waals surface area contributed by atoms with Crippen molar-refractivity contribution in [3.05, 3.63) is 66.8 Å². The van der Waals surface area contributed by atoms with Crippen molar-refractivity contribution >= 4 is 17.4 Å². The highest BCUT2D eigenvalue weighted by Crippen LogP contribution is 2.26. The van der Waals surface area contributed by atoms with Crippen molar-refractivity contribution in [2.75, 3.05) is 5.73 Å². The lowest BCUT2D eigenvalue weighted by Crippen LogP contribution is -2.36. The number of nitrogens with one attached hydrogen (secondary N) is 2. The van der Waals surface area contributed by atoms with Crippen LogP contribution in [0.3, 0.4) is 0 Å². The number of carbonyl (C=O) groups excluding carboxylic acids is 1. The number of nitrogen functional groups attached to an aromatic ring is 1. The van der Waals surface area contributed by atoms with Gasteiger partial charge >= 0.3 is 0 Å². The monoisotopic (exact) mass is 378 g/mol. The van der Waals surface area contributed by atoms with Crippen LogP contribution in [-0.2, 0) is 0 Å². The van der Waals surface area contributed by atoms with Gasteiger partial charge in [-0.15, -0.1) is 5.10 Å². The summed E-state index contributed by atoms with van der Waals surface area (Å²) in [6.45, 7) is 3.79. The first-order valence-electron chi connectivity index (χ1n) is 8.04. The third-order valence-electron chi connectivity index (χ3n) is 3.77. The second-order valence-electron chi connectivity index (χ2n) is 5.57. The molecule has 4 aromatic rings. The Morgan fingerprint density at radius 1 is 1.11 bits per heavy atom. The molecular formula is C17H14N8O3. The molecule has 4 N–H and O–H groups in total. The van der Waals surface area contributed by atoms with Crippen molar-refractivity contribution in [3.8, 4) is 17.1 Å². The fourth-order valence-corrected chi connectivity index (χ4v) is 2.48. The van der Waals surface area contributed by atoms with E-state index in [-0.39, 0.29) is 17.3 Å². The number of nitrogens with zero attached hydrogens (tertiary/aromatic N) is 5. The van der Waals surface area contributed by atoms with Crippen molar-refractivity contribution < 1.29 is 13.8 Å². The summed E-state index contributed by atoms with van der Waals surface area (Å²) < 4.78 is 11.1. The number of hydrogen-bond acceptors (Lipinski definition) is 9. The number of rotatable bonds is 6. The molecule has 1 aromatic carbocycles. The summed E-state index contributed by atoms with van der Waals surface area (Å²) in [6.07, 6.45) is 1.50. The van der Waals surface area contributed by atoms with Gasteiger partial charge in [-0.1, -0.05) is 42.1 Å². The summed E-state index contributed by atoms with van der Waals surface area (Å²) >= 11 is 0. The summed E-state index contributed by atoms with van der Waals surface area (Å²) in [6, 6.07) is 12.5. The molecule has 4 rings (SSSR count). The molecule has 0 fully saturated rings. The molecule has 0 aliphatic rings. The Morgan fingerprint density at radius 2 is 1.93 bits per heavy atom. The molecule has 0 saturated carbocycles. The number of nitrogens with two attached hydrogens (primary N) is 1. The van der Waals surface area contributed by atoms with Gasteiger partial charge in [-0.25, -0.2) is 4.63 Å². The zero-order valence-electron chi connectivity index (χ0n) is 14.4. The van der Waals surface area contributed by atoms with E-state index in [1.165, 1.54) is 10.9 Å². The summed E-state index contributed by atoms with van der Waals surface area (Å²) in [4.78, 5) is 12.7. The normalized spacial score (nSPS) is 10.6. The van der Waals surface area contributed by atoms with Crippen LogP contribution in [0, 0.1) is 0 Å². The zero-order chi connectivity index (χ0) is 19.5. The standard InChI is InChI=1S/C17H14N8O3/c1-10(12-8-5-9-27-12)19-21-17(26)13-14(11-6-3-2-4-7-11)25(24-20-13)16-15(18)22-28-23-16/h2-9,19H,1H2,(H2,18,22)(H,21,26). The van der Waals surface area contributed by atoms with E-state index in [1.807, 2.05) is 18.2 Å². The van der Waals surface area contributed by atoms with Crippen molar-refractivity contribution in [1.82, 2.24) is 36.2 Å². The molecule has 3 aromatic heterocycles. The lowest BCUT2D eigenvalue weighted by molar-refractivity contribution is 0.0938. The van der Waals surface area contributed by atoms with Crippen LogP contribution in [0.4, 0.5) is 5.82 Å². The molecule has 11 heteroatoms. The van der Waals surface area contributed by atoms with Crippen molar-refractivity contribution in [3.63, 3.8) is 0 Å². The highest BCUT2D eigenvalue weighted by Gasteiger charge is 2.25. The Labute approximate surface area is 157 Å². The van der Waals surface area contributed by atoms with Crippen LogP contribution in [0.1, 0.15) is 16.2 Å². The SMILES string of the molecule is C=C(NNC(=O)c1nnn(-c2nonc2N)c1-c1ccccc1)c1ccco1. The maximum Gasteiger partial charge on any atom is 0.292 e. The van der Waals surface area contributed by atoms with Crippen LogP contribution in [0.2, 0.25) is 0 Å². The summed E-state index contributed by atoms with van der Waals surface area (Å²) in [7, 11) is 0. The smallest absolute Gasteiger partial charge is 0.292 e. The van der Waals surface area contributed by atoms with Crippen molar-refractivity contribution in [1.29, 1.82) is 0 Å². The fourth-order valence-electron chi connectivity index (χ4n) is 2.48. The molecular weight excluding hydrogens is 364 g/mol. The minimum atomic E-state index is -0.548. The fraction of sp³-hybridized carbons (Fsp3) is 0. The molecule has 0 aliphatic heterocycles. The second-order valence-corrected chi connectivity index (χ2v) is 5.57. The third kappa shape index (κ3) is 3.07. The largest absolute Gasteiger partial charge is 0.463 e. The van der Waals surface area contributed by atoms with Gasteiger partial charge in [0.05, 0.1) is 12.0 Å².